The molecule has 0 saturated carbocycles. The van der Waals surface area contributed by atoms with Crippen LogP contribution in [-0.2, 0) is 0 Å². The first kappa shape index (κ1) is 11.3. The summed E-state index contributed by atoms with van der Waals surface area (Å²) in [5, 5.41) is 29.5. The van der Waals surface area contributed by atoms with Crippen molar-refractivity contribution in [1.82, 2.24) is 0 Å². The molecule has 0 heterocycles. The number of hydrogen-bond acceptors (Lipinski definition) is 3. The van der Waals surface area contributed by atoms with Crippen molar-refractivity contribution in [3.8, 4) is 28.4 Å². The molecule has 0 spiro atoms. The molecule has 0 aliphatic heterocycles. The lowest BCUT2D eigenvalue weighted by Gasteiger charge is -2.13. The van der Waals surface area contributed by atoms with E-state index in [0.29, 0.717) is 5.56 Å². The van der Waals surface area contributed by atoms with Crippen LogP contribution in [-0.4, -0.2) is 15.3 Å². The molecule has 0 aliphatic carbocycles. The van der Waals surface area contributed by atoms with E-state index in [4.69, 9.17) is 0 Å². The molecular weight excluding hydrogens is 216 g/mol. The zero-order valence-corrected chi connectivity index (χ0v) is 9.73. The predicted octanol–water partition coefficient (Wildman–Crippen LogP) is 3.09. The van der Waals surface area contributed by atoms with Crippen molar-refractivity contribution in [2.24, 2.45) is 0 Å². The molecule has 0 aliphatic rings. The number of rotatable bonds is 1. The molecule has 3 nitrogen and oxygen atoms in total. The maximum atomic E-state index is 9.90. The van der Waals surface area contributed by atoms with Crippen LogP contribution in [0.2, 0.25) is 0 Å². The van der Waals surface area contributed by atoms with E-state index in [1.807, 2.05) is 13.8 Å². The molecule has 0 fully saturated rings. The van der Waals surface area contributed by atoms with Crippen molar-refractivity contribution in [2.75, 3.05) is 0 Å². The maximum absolute atomic E-state index is 9.90. The van der Waals surface area contributed by atoms with E-state index in [-0.39, 0.29) is 22.8 Å². The van der Waals surface area contributed by atoms with Crippen molar-refractivity contribution in [2.45, 2.75) is 13.8 Å². The number of aryl methyl sites for hydroxylation is 1. The highest BCUT2D eigenvalue weighted by Gasteiger charge is 2.16. The highest BCUT2D eigenvalue weighted by molar-refractivity contribution is 5.83. The fraction of sp³-hybridized carbons (Fsp3) is 0.143. The Morgan fingerprint density at radius 3 is 1.82 bits per heavy atom. The molecule has 17 heavy (non-hydrogen) atoms. The summed E-state index contributed by atoms with van der Waals surface area (Å²) in [4.78, 5) is 0. The van der Waals surface area contributed by atoms with Crippen molar-refractivity contribution in [1.29, 1.82) is 0 Å². The van der Waals surface area contributed by atoms with Crippen molar-refractivity contribution in [3.63, 3.8) is 0 Å². The summed E-state index contributed by atoms with van der Waals surface area (Å²) in [5.41, 5.74) is 2.56. The summed E-state index contributed by atoms with van der Waals surface area (Å²) in [5.74, 6) is -0.0482. The summed E-state index contributed by atoms with van der Waals surface area (Å²) >= 11 is 0. The number of phenols is 3. The van der Waals surface area contributed by atoms with Gasteiger partial charge in [0.15, 0.2) is 0 Å². The van der Waals surface area contributed by atoms with Gasteiger partial charge in [-0.2, -0.15) is 0 Å². The van der Waals surface area contributed by atoms with Gasteiger partial charge in [0.25, 0.3) is 0 Å². The Labute approximate surface area is 99.6 Å². The molecule has 2 aromatic carbocycles. The lowest BCUT2D eigenvalue weighted by Crippen LogP contribution is -1.89. The molecule has 0 atom stereocenters. The highest BCUT2D eigenvalue weighted by atomic mass is 16.3. The Hall–Kier alpha value is -2.16. The molecule has 0 unspecified atom stereocenters. The fourth-order valence-electron chi connectivity index (χ4n) is 1.90. The standard InChI is InChI=1S/C14H14O3/c1-8-6-7-12(17)13(9(8)2)14-10(15)4-3-5-11(14)16/h3-7,15-17H,1-2H3. The minimum absolute atomic E-state index is 0.0462. The SMILES string of the molecule is Cc1ccc(O)c(-c2c(O)cccc2O)c1C. The molecule has 0 radical (unpaired) electrons. The first-order chi connectivity index (χ1) is 8.02. The van der Waals surface area contributed by atoms with Gasteiger partial charge in [-0.1, -0.05) is 12.1 Å². The summed E-state index contributed by atoms with van der Waals surface area (Å²) in [6.07, 6.45) is 0. The first-order valence-corrected chi connectivity index (χ1v) is 5.33. The fourth-order valence-corrected chi connectivity index (χ4v) is 1.90. The van der Waals surface area contributed by atoms with Crippen LogP contribution in [0, 0.1) is 13.8 Å². The van der Waals surface area contributed by atoms with E-state index < -0.39 is 0 Å². The van der Waals surface area contributed by atoms with E-state index in [2.05, 4.69) is 0 Å². The van der Waals surface area contributed by atoms with Gasteiger partial charge in [-0.25, -0.2) is 0 Å². The predicted molar refractivity (Wildman–Crippen MR) is 66.3 cm³/mol. The third-order valence-corrected chi connectivity index (χ3v) is 2.98. The molecule has 0 amide bonds. The topological polar surface area (TPSA) is 60.7 Å². The largest absolute Gasteiger partial charge is 0.507 e. The highest BCUT2D eigenvalue weighted by Crippen LogP contribution is 2.43. The number of phenolic OH excluding ortho intramolecular Hbond substituents is 3. The van der Waals surface area contributed by atoms with E-state index >= 15 is 0 Å². The monoisotopic (exact) mass is 230 g/mol. The minimum Gasteiger partial charge on any atom is -0.507 e. The Kier molecular flexibility index (Phi) is 2.68. The normalized spacial score (nSPS) is 10.5. The Bertz CT molecular complexity index is 554. The lowest BCUT2D eigenvalue weighted by molar-refractivity contribution is 0.449. The van der Waals surface area contributed by atoms with E-state index in [0.717, 1.165) is 11.1 Å². The zero-order chi connectivity index (χ0) is 12.6. The Balaban J connectivity index is 2.82. The molecular formula is C14H14O3. The molecule has 88 valence electrons. The van der Waals surface area contributed by atoms with E-state index in [1.54, 1.807) is 18.2 Å². The molecule has 3 heteroatoms. The third-order valence-electron chi connectivity index (χ3n) is 2.98. The second-order valence-corrected chi connectivity index (χ2v) is 4.07. The number of benzene rings is 2. The van der Waals surface area contributed by atoms with Gasteiger partial charge in [-0.15, -0.1) is 0 Å². The molecule has 2 aromatic rings. The van der Waals surface area contributed by atoms with Gasteiger partial charge >= 0.3 is 0 Å². The average Bonchev–Trinajstić information content (AvgIpc) is 2.28. The molecule has 0 aromatic heterocycles. The Morgan fingerprint density at radius 1 is 0.706 bits per heavy atom. The smallest absolute Gasteiger partial charge is 0.127 e. The quantitative estimate of drug-likeness (QED) is 0.705. The molecule has 0 bridgehead atoms. The molecule has 2 rings (SSSR count). The van der Waals surface area contributed by atoms with Crippen LogP contribution < -0.4 is 0 Å². The van der Waals surface area contributed by atoms with Crippen molar-refractivity contribution < 1.29 is 15.3 Å². The van der Waals surface area contributed by atoms with Crippen molar-refractivity contribution >= 4 is 0 Å². The van der Waals surface area contributed by atoms with Gasteiger partial charge in [-0.3, -0.25) is 0 Å². The maximum Gasteiger partial charge on any atom is 0.127 e. The van der Waals surface area contributed by atoms with Gasteiger partial charge in [-0.05, 0) is 43.2 Å². The zero-order valence-electron chi connectivity index (χ0n) is 9.73. The van der Waals surface area contributed by atoms with Gasteiger partial charge < -0.3 is 15.3 Å². The van der Waals surface area contributed by atoms with Crippen molar-refractivity contribution in [3.05, 3.63) is 41.5 Å². The summed E-state index contributed by atoms with van der Waals surface area (Å²) < 4.78 is 0. The molecule has 0 saturated heterocycles. The van der Waals surface area contributed by atoms with Crippen LogP contribution in [0.25, 0.3) is 11.1 Å². The van der Waals surface area contributed by atoms with Crippen LogP contribution in [0.3, 0.4) is 0 Å². The van der Waals surface area contributed by atoms with E-state index in [9.17, 15) is 15.3 Å². The number of hydrogen-bond donors (Lipinski definition) is 3. The lowest BCUT2D eigenvalue weighted by atomic mass is 9.94. The van der Waals surface area contributed by atoms with Gasteiger partial charge in [0.2, 0.25) is 0 Å². The Morgan fingerprint density at radius 2 is 1.24 bits per heavy atom. The van der Waals surface area contributed by atoms with Crippen LogP contribution >= 0.6 is 0 Å². The first-order valence-electron chi connectivity index (χ1n) is 5.33. The minimum atomic E-state index is -0.0472. The second-order valence-electron chi connectivity index (χ2n) is 4.07. The second kappa shape index (κ2) is 4.01. The van der Waals surface area contributed by atoms with Crippen LogP contribution in [0.4, 0.5) is 0 Å². The molecule has 3 N–H and O–H groups in total. The number of aromatic hydroxyl groups is 3. The van der Waals surface area contributed by atoms with Crippen LogP contribution in [0.1, 0.15) is 11.1 Å². The van der Waals surface area contributed by atoms with Gasteiger partial charge in [0.05, 0.1) is 5.56 Å². The average molecular weight is 230 g/mol. The summed E-state index contributed by atoms with van der Waals surface area (Å²) in [6.45, 7) is 3.76. The van der Waals surface area contributed by atoms with Gasteiger partial charge in [0, 0.05) is 5.56 Å². The third kappa shape index (κ3) is 1.80. The van der Waals surface area contributed by atoms with E-state index in [1.165, 1.54) is 12.1 Å². The van der Waals surface area contributed by atoms with Gasteiger partial charge in [0.1, 0.15) is 17.2 Å². The summed E-state index contributed by atoms with van der Waals surface area (Å²) in [7, 11) is 0. The summed E-state index contributed by atoms with van der Waals surface area (Å²) in [6, 6.07) is 7.87. The van der Waals surface area contributed by atoms with Crippen LogP contribution in [0.15, 0.2) is 30.3 Å². The van der Waals surface area contributed by atoms with Crippen LogP contribution in [0.5, 0.6) is 17.2 Å².